The van der Waals surface area contributed by atoms with Crippen molar-refractivity contribution in [3.05, 3.63) is 41.7 Å². The monoisotopic (exact) mass is 265 g/mol. The van der Waals surface area contributed by atoms with Gasteiger partial charge in [0.1, 0.15) is 11.5 Å². The number of para-hydroxylation sites is 1. The number of nitrogens with zero attached hydrogens (tertiary/aromatic N) is 4. The van der Waals surface area contributed by atoms with Crippen molar-refractivity contribution in [1.29, 1.82) is 0 Å². The molecule has 0 bridgehead atoms. The maximum Gasteiger partial charge on any atom is 0.223 e. The highest BCUT2D eigenvalue weighted by Crippen LogP contribution is 2.22. The summed E-state index contributed by atoms with van der Waals surface area (Å²) in [6, 6.07) is 10.00. The van der Waals surface area contributed by atoms with Crippen molar-refractivity contribution in [2.75, 3.05) is 5.73 Å². The fourth-order valence-electron chi connectivity index (χ4n) is 2.17. The first kappa shape index (κ1) is 12.5. The van der Waals surface area contributed by atoms with Gasteiger partial charge in [-0.25, -0.2) is 9.97 Å². The van der Waals surface area contributed by atoms with Gasteiger partial charge in [-0.3, -0.25) is 0 Å². The Morgan fingerprint density at radius 2 is 1.85 bits per heavy atom. The van der Waals surface area contributed by atoms with Gasteiger partial charge < -0.3 is 5.73 Å². The number of rotatable bonds is 2. The topological polar surface area (TPSA) is 77.6 Å². The SMILES string of the molecule is CCc1nc(N)nc(-c2cc(C)c3ccccc3n2)n1. The van der Waals surface area contributed by atoms with E-state index in [9.17, 15) is 0 Å². The molecule has 2 N–H and O–H groups in total. The van der Waals surface area contributed by atoms with Crippen LogP contribution in [0.5, 0.6) is 0 Å². The molecule has 5 heteroatoms. The van der Waals surface area contributed by atoms with Crippen LogP contribution in [0.4, 0.5) is 5.95 Å². The van der Waals surface area contributed by atoms with Gasteiger partial charge in [-0.2, -0.15) is 9.97 Å². The van der Waals surface area contributed by atoms with Gasteiger partial charge in [0.05, 0.1) is 5.52 Å². The number of hydrogen-bond donors (Lipinski definition) is 1. The fourth-order valence-corrected chi connectivity index (χ4v) is 2.17. The van der Waals surface area contributed by atoms with Gasteiger partial charge in [0.15, 0.2) is 5.82 Å². The van der Waals surface area contributed by atoms with E-state index in [0.29, 0.717) is 18.1 Å². The number of fused-ring (bicyclic) bond motifs is 1. The van der Waals surface area contributed by atoms with Crippen molar-refractivity contribution in [2.24, 2.45) is 0 Å². The third-order valence-electron chi connectivity index (χ3n) is 3.17. The number of hydrogen-bond acceptors (Lipinski definition) is 5. The lowest BCUT2D eigenvalue weighted by atomic mass is 10.1. The van der Waals surface area contributed by atoms with Gasteiger partial charge in [0.2, 0.25) is 5.95 Å². The minimum absolute atomic E-state index is 0.236. The van der Waals surface area contributed by atoms with Crippen LogP contribution >= 0.6 is 0 Å². The molecule has 0 aliphatic carbocycles. The first-order valence-electron chi connectivity index (χ1n) is 6.54. The quantitative estimate of drug-likeness (QED) is 0.770. The molecular weight excluding hydrogens is 250 g/mol. The zero-order valence-corrected chi connectivity index (χ0v) is 11.5. The number of aromatic nitrogens is 4. The Morgan fingerprint density at radius 1 is 1.05 bits per heavy atom. The number of anilines is 1. The number of pyridine rings is 1. The summed E-state index contributed by atoms with van der Waals surface area (Å²) in [6.07, 6.45) is 0.715. The molecule has 100 valence electrons. The van der Waals surface area contributed by atoms with Crippen molar-refractivity contribution in [3.63, 3.8) is 0 Å². The summed E-state index contributed by atoms with van der Waals surface area (Å²) in [5.74, 6) is 1.45. The van der Waals surface area contributed by atoms with Crippen LogP contribution in [0.1, 0.15) is 18.3 Å². The lowest BCUT2D eigenvalue weighted by molar-refractivity contribution is 0.910. The van der Waals surface area contributed by atoms with E-state index in [1.165, 1.54) is 0 Å². The Morgan fingerprint density at radius 3 is 2.65 bits per heavy atom. The van der Waals surface area contributed by atoms with Crippen molar-refractivity contribution in [1.82, 2.24) is 19.9 Å². The van der Waals surface area contributed by atoms with Crippen molar-refractivity contribution in [3.8, 4) is 11.5 Å². The molecule has 5 nitrogen and oxygen atoms in total. The molecule has 0 unspecified atom stereocenters. The van der Waals surface area contributed by atoms with Gasteiger partial charge in [0.25, 0.3) is 0 Å². The van der Waals surface area contributed by atoms with E-state index in [-0.39, 0.29) is 5.95 Å². The first-order chi connectivity index (χ1) is 9.67. The van der Waals surface area contributed by atoms with Crippen LogP contribution < -0.4 is 5.73 Å². The minimum atomic E-state index is 0.236. The van der Waals surface area contributed by atoms with Crippen LogP contribution in [0.25, 0.3) is 22.4 Å². The number of aryl methyl sites for hydroxylation is 2. The Balaban J connectivity index is 2.22. The van der Waals surface area contributed by atoms with Gasteiger partial charge >= 0.3 is 0 Å². The van der Waals surface area contributed by atoms with Gasteiger partial charge in [-0.05, 0) is 24.6 Å². The summed E-state index contributed by atoms with van der Waals surface area (Å²) in [5.41, 5.74) is 8.53. The lowest BCUT2D eigenvalue weighted by Gasteiger charge is -2.07. The lowest BCUT2D eigenvalue weighted by Crippen LogP contribution is -2.05. The second-order valence-corrected chi connectivity index (χ2v) is 4.63. The maximum absolute atomic E-state index is 5.73. The number of nitrogen functional groups attached to an aromatic ring is 1. The molecule has 0 spiro atoms. The molecule has 1 aromatic carbocycles. The largest absolute Gasteiger partial charge is 0.368 e. The van der Waals surface area contributed by atoms with Crippen LogP contribution in [-0.4, -0.2) is 19.9 Å². The zero-order valence-electron chi connectivity index (χ0n) is 11.5. The third kappa shape index (κ3) is 2.18. The molecule has 0 saturated carbocycles. The highest BCUT2D eigenvalue weighted by atomic mass is 15.1. The van der Waals surface area contributed by atoms with Gasteiger partial charge in [0, 0.05) is 11.8 Å². The van der Waals surface area contributed by atoms with Gasteiger partial charge in [-0.15, -0.1) is 0 Å². The van der Waals surface area contributed by atoms with Crippen molar-refractivity contribution in [2.45, 2.75) is 20.3 Å². The normalized spacial score (nSPS) is 10.9. The van der Waals surface area contributed by atoms with Gasteiger partial charge in [-0.1, -0.05) is 25.1 Å². The average Bonchev–Trinajstić information content (AvgIpc) is 2.46. The van der Waals surface area contributed by atoms with Crippen LogP contribution in [-0.2, 0) is 6.42 Å². The first-order valence-corrected chi connectivity index (χ1v) is 6.54. The predicted octanol–water partition coefficient (Wildman–Crippen LogP) is 2.54. The van der Waals surface area contributed by atoms with E-state index in [1.807, 2.05) is 31.2 Å². The molecule has 0 fully saturated rings. The van der Waals surface area contributed by atoms with Crippen LogP contribution in [0.3, 0.4) is 0 Å². The summed E-state index contributed by atoms with van der Waals surface area (Å²) < 4.78 is 0. The molecule has 0 amide bonds. The molecule has 3 rings (SSSR count). The Bertz CT molecular complexity index is 782. The average molecular weight is 265 g/mol. The summed E-state index contributed by atoms with van der Waals surface area (Å²) in [4.78, 5) is 17.3. The van der Waals surface area contributed by atoms with E-state index in [1.54, 1.807) is 0 Å². The minimum Gasteiger partial charge on any atom is -0.368 e. The summed E-state index contributed by atoms with van der Waals surface area (Å²) in [7, 11) is 0. The Hall–Kier alpha value is -2.56. The predicted molar refractivity (Wildman–Crippen MR) is 79.1 cm³/mol. The molecule has 0 saturated heterocycles. The highest BCUT2D eigenvalue weighted by Gasteiger charge is 2.09. The van der Waals surface area contributed by atoms with Crippen molar-refractivity contribution >= 4 is 16.9 Å². The summed E-state index contributed by atoms with van der Waals surface area (Å²) in [6.45, 7) is 4.04. The molecular formula is C15H15N5. The Labute approximate surface area is 116 Å². The number of benzene rings is 1. The molecule has 20 heavy (non-hydrogen) atoms. The standard InChI is InChI=1S/C15H15N5/c1-3-13-18-14(20-15(16)19-13)12-8-9(2)10-6-4-5-7-11(10)17-12/h4-8H,3H2,1-2H3,(H2,16,18,19,20). The van der Waals surface area contributed by atoms with E-state index >= 15 is 0 Å². The smallest absolute Gasteiger partial charge is 0.223 e. The van der Waals surface area contributed by atoms with E-state index in [4.69, 9.17) is 5.73 Å². The Kier molecular flexibility index (Phi) is 3.02. The number of nitrogens with two attached hydrogens (primary N) is 1. The summed E-state index contributed by atoms with van der Waals surface area (Å²) in [5, 5.41) is 1.13. The van der Waals surface area contributed by atoms with E-state index in [2.05, 4.69) is 32.9 Å². The maximum atomic E-state index is 5.73. The molecule has 0 atom stereocenters. The third-order valence-corrected chi connectivity index (χ3v) is 3.17. The fraction of sp³-hybridized carbons (Fsp3) is 0.200. The second kappa shape index (κ2) is 4.85. The van der Waals surface area contributed by atoms with E-state index in [0.717, 1.165) is 22.2 Å². The van der Waals surface area contributed by atoms with Crippen LogP contribution in [0.15, 0.2) is 30.3 Å². The molecule has 2 heterocycles. The molecule has 3 aromatic rings. The molecule has 0 aliphatic rings. The van der Waals surface area contributed by atoms with Crippen LogP contribution in [0, 0.1) is 6.92 Å². The highest BCUT2D eigenvalue weighted by molar-refractivity contribution is 5.84. The summed E-state index contributed by atoms with van der Waals surface area (Å²) >= 11 is 0. The molecule has 0 radical (unpaired) electrons. The second-order valence-electron chi connectivity index (χ2n) is 4.63. The zero-order chi connectivity index (χ0) is 14.1. The molecule has 0 aliphatic heterocycles. The van der Waals surface area contributed by atoms with E-state index < -0.39 is 0 Å². The van der Waals surface area contributed by atoms with Crippen molar-refractivity contribution < 1.29 is 0 Å². The molecule has 2 aromatic heterocycles. The van der Waals surface area contributed by atoms with Crippen LogP contribution in [0.2, 0.25) is 0 Å².